The van der Waals surface area contributed by atoms with E-state index in [4.69, 9.17) is 9.47 Å². The van der Waals surface area contributed by atoms with Crippen LogP contribution in [0.5, 0.6) is 0 Å². The quantitative estimate of drug-likeness (QED) is 0.798. The van der Waals surface area contributed by atoms with Gasteiger partial charge in [-0.25, -0.2) is 4.79 Å². The van der Waals surface area contributed by atoms with Crippen LogP contribution in [0.1, 0.15) is 44.9 Å². The minimum atomic E-state index is 0.264. The van der Waals surface area contributed by atoms with Gasteiger partial charge in [-0.1, -0.05) is 0 Å². The average Bonchev–Trinajstić information content (AvgIpc) is 3.08. The second-order valence-electron chi connectivity index (χ2n) is 8.08. The van der Waals surface area contributed by atoms with Crippen LogP contribution >= 0.6 is 0 Å². The molecular weight excluding hydrogens is 292 g/mol. The van der Waals surface area contributed by atoms with Gasteiger partial charge >= 0.3 is 6.03 Å². The molecule has 4 aliphatic rings. The van der Waals surface area contributed by atoms with Gasteiger partial charge in [0.2, 0.25) is 0 Å². The Hall–Kier alpha value is -0.810. The molecule has 5 heteroatoms. The van der Waals surface area contributed by atoms with Gasteiger partial charge in [-0.05, 0) is 56.3 Å². The summed E-state index contributed by atoms with van der Waals surface area (Å²) in [5.41, 5.74) is 0.301. The van der Waals surface area contributed by atoms with E-state index in [2.05, 4.69) is 4.90 Å². The number of amides is 2. The summed E-state index contributed by atoms with van der Waals surface area (Å²) >= 11 is 0. The molecule has 0 radical (unpaired) electrons. The minimum Gasteiger partial charge on any atom is -0.378 e. The summed E-state index contributed by atoms with van der Waals surface area (Å²) in [6.45, 7) is 6.23. The van der Waals surface area contributed by atoms with Crippen LogP contribution in [0, 0.1) is 11.3 Å². The molecule has 5 nitrogen and oxygen atoms in total. The lowest BCUT2D eigenvalue weighted by Crippen LogP contribution is -2.48. The first-order chi connectivity index (χ1) is 11.2. The molecule has 23 heavy (non-hydrogen) atoms. The molecular formula is C18H30N2O3. The number of carbonyl (C=O) groups is 1. The maximum atomic E-state index is 12.5. The van der Waals surface area contributed by atoms with Gasteiger partial charge in [-0.2, -0.15) is 0 Å². The summed E-state index contributed by atoms with van der Waals surface area (Å²) in [6, 6.07) is 0.264. The third-order valence-electron chi connectivity index (χ3n) is 6.11. The summed E-state index contributed by atoms with van der Waals surface area (Å²) in [6.07, 6.45) is 8.59. The van der Waals surface area contributed by atoms with Crippen LogP contribution in [0.3, 0.4) is 0 Å². The molecule has 0 bridgehead atoms. The molecule has 2 amide bonds. The highest BCUT2D eigenvalue weighted by atomic mass is 16.5. The number of hydrogen-bond donors (Lipinski definition) is 0. The van der Waals surface area contributed by atoms with Crippen LogP contribution in [0.25, 0.3) is 0 Å². The van der Waals surface area contributed by atoms with Crippen molar-refractivity contribution in [2.24, 2.45) is 11.3 Å². The molecule has 3 aliphatic heterocycles. The van der Waals surface area contributed by atoms with Gasteiger partial charge in [0, 0.05) is 32.8 Å². The Morgan fingerprint density at radius 3 is 2.43 bits per heavy atom. The number of urea groups is 1. The molecule has 0 aromatic rings. The predicted octanol–water partition coefficient (Wildman–Crippen LogP) is 2.50. The highest BCUT2D eigenvalue weighted by Gasteiger charge is 2.43. The summed E-state index contributed by atoms with van der Waals surface area (Å²) in [5, 5.41) is 0. The second-order valence-corrected chi connectivity index (χ2v) is 8.08. The summed E-state index contributed by atoms with van der Waals surface area (Å²) in [4.78, 5) is 16.6. The van der Waals surface area contributed by atoms with E-state index in [1.54, 1.807) is 0 Å². The Morgan fingerprint density at radius 2 is 1.74 bits per heavy atom. The maximum Gasteiger partial charge on any atom is 0.319 e. The van der Waals surface area contributed by atoms with Crippen molar-refractivity contribution in [3.05, 3.63) is 0 Å². The number of rotatable bonds is 4. The van der Waals surface area contributed by atoms with E-state index in [1.807, 2.05) is 4.90 Å². The molecule has 1 aliphatic carbocycles. The first-order valence-corrected chi connectivity index (χ1v) is 9.47. The Bertz CT molecular complexity index is 424. The number of likely N-dealkylation sites (tertiary alicyclic amines) is 2. The van der Waals surface area contributed by atoms with Crippen LogP contribution in [0.2, 0.25) is 0 Å². The lowest BCUT2D eigenvalue weighted by Gasteiger charge is -2.39. The molecule has 0 N–H and O–H groups in total. The average molecular weight is 322 g/mol. The van der Waals surface area contributed by atoms with Crippen molar-refractivity contribution in [3.63, 3.8) is 0 Å². The Balaban J connectivity index is 1.21. The molecule has 4 fully saturated rings. The van der Waals surface area contributed by atoms with Crippen molar-refractivity contribution in [3.8, 4) is 0 Å². The largest absolute Gasteiger partial charge is 0.378 e. The fourth-order valence-electron chi connectivity index (χ4n) is 4.28. The zero-order chi connectivity index (χ0) is 15.7. The number of carbonyl (C=O) groups excluding carboxylic acids is 1. The highest BCUT2D eigenvalue weighted by Crippen LogP contribution is 2.42. The second kappa shape index (κ2) is 6.60. The first kappa shape index (κ1) is 15.7. The van der Waals surface area contributed by atoms with Crippen LogP contribution < -0.4 is 0 Å². The number of hydrogen-bond acceptors (Lipinski definition) is 3. The monoisotopic (exact) mass is 322 g/mol. The van der Waals surface area contributed by atoms with E-state index in [9.17, 15) is 4.79 Å². The summed E-state index contributed by atoms with van der Waals surface area (Å²) < 4.78 is 11.8. The van der Waals surface area contributed by atoms with Gasteiger partial charge < -0.3 is 19.3 Å². The highest BCUT2D eigenvalue weighted by molar-refractivity contribution is 5.74. The van der Waals surface area contributed by atoms with E-state index >= 15 is 0 Å². The number of ether oxygens (including phenoxy) is 2. The first-order valence-electron chi connectivity index (χ1n) is 9.47. The molecule has 130 valence electrons. The van der Waals surface area contributed by atoms with Crippen molar-refractivity contribution < 1.29 is 14.3 Å². The Morgan fingerprint density at radius 1 is 1.04 bits per heavy atom. The van der Waals surface area contributed by atoms with Crippen LogP contribution in [0.4, 0.5) is 4.79 Å². The van der Waals surface area contributed by atoms with Crippen molar-refractivity contribution >= 4 is 6.03 Å². The Labute approximate surface area is 139 Å². The molecule has 1 saturated carbocycles. The van der Waals surface area contributed by atoms with Crippen LogP contribution in [0.15, 0.2) is 0 Å². The van der Waals surface area contributed by atoms with E-state index in [1.165, 1.54) is 25.7 Å². The predicted molar refractivity (Wildman–Crippen MR) is 87.3 cm³/mol. The third kappa shape index (κ3) is 3.66. The molecule has 4 rings (SSSR count). The van der Waals surface area contributed by atoms with Crippen molar-refractivity contribution in [2.45, 2.75) is 51.0 Å². The molecule has 3 heterocycles. The number of piperidine rings is 1. The van der Waals surface area contributed by atoms with E-state index in [0.717, 1.165) is 71.2 Å². The third-order valence-corrected chi connectivity index (χ3v) is 6.11. The van der Waals surface area contributed by atoms with Gasteiger partial charge in [0.25, 0.3) is 0 Å². The van der Waals surface area contributed by atoms with Crippen molar-refractivity contribution in [2.75, 3.05) is 46.0 Å². The van der Waals surface area contributed by atoms with Crippen LogP contribution in [-0.4, -0.2) is 67.9 Å². The van der Waals surface area contributed by atoms with Crippen molar-refractivity contribution in [1.82, 2.24) is 9.80 Å². The van der Waals surface area contributed by atoms with E-state index in [-0.39, 0.29) is 12.1 Å². The zero-order valence-electron chi connectivity index (χ0n) is 14.2. The maximum absolute atomic E-state index is 12.5. The smallest absolute Gasteiger partial charge is 0.319 e. The van der Waals surface area contributed by atoms with E-state index < -0.39 is 0 Å². The van der Waals surface area contributed by atoms with Gasteiger partial charge in [-0.3, -0.25) is 0 Å². The normalized spacial score (nSPS) is 30.3. The molecule has 0 aromatic carbocycles. The standard InChI is InChI=1S/C18H30N2O3/c21-17(19-7-1-2-8-19)20-9-5-18(6-10-20)11-16(23-14-18)13-22-12-15-3-4-15/h15-16H,1-14H2/t16-/m1/s1. The lowest BCUT2D eigenvalue weighted by molar-refractivity contribution is 0.00971. The van der Waals surface area contributed by atoms with Gasteiger partial charge in [0.15, 0.2) is 0 Å². The minimum absolute atomic E-state index is 0.264. The number of nitrogens with zero attached hydrogens (tertiary/aromatic N) is 2. The summed E-state index contributed by atoms with van der Waals surface area (Å²) in [5.74, 6) is 0.824. The van der Waals surface area contributed by atoms with Gasteiger partial charge in [0.1, 0.15) is 0 Å². The van der Waals surface area contributed by atoms with E-state index in [0.29, 0.717) is 5.41 Å². The molecule has 1 atom stereocenters. The molecule has 0 unspecified atom stereocenters. The van der Waals surface area contributed by atoms with Crippen molar-refractivity contribution in [1.29, 1.82) is 0 Å². The zero-order valence-corrected chi connectivity index (χ0v) is 14.2. The fourth-order valence-corrected chi connectivity index (χ4v) is 4.28. The van der Waals surface area contributed by atoms with Crippen LogP contribution in [-0.2, 0) is 9.47 Å². The Kier molecular flexibility index (Phi) is 4.50. The molecule has 3 saturated heterocycles. The fraction of sp³-hybridized carbons (Fsp3) is 0.944. The molecule has 1 spiro atoms. The molecule has 0 aromatic heterocycles. The summed E-state index contributed by atoms with van der Waals surface area (Å²) in [7, 11) is 0. The van der Waals surface area contributed by atoms with Gasteiger partial charge in [0.05, 0.1) is 19.3 Å². The SMILES string of the molecule is O=C(N1CCCC1)N1CCC2(CC1)CO[C@@H](COCC1CC1)C2. The van der Waals surface area contributed by atoms with Gasteiger partial charge in [-0.15, -0.1) is 0 Å². The lowest BCUT2D eigenvalue weighted by atomic mass is 9.77. The topological polar surface area (TPSA) is 42.0 Å².